The minimum Gasteiger partial charge on any atom is -0.484 e. The van der Waals surface area contributed by atoms with Crippen LogP contribution in [0.1, 0.15) is 17.1 Å². The first-order valence-electron chi connectivity index (χ1n) is 9.79. The van der Waals surface area contributed by atoms with Gasteiger partial charge in [-0.15, -0.1) is 28.1 Å². The zero-order chi connectivity index (χ0) is 22.5. The van der Waals surface area contributed by atoms with Crippen LogP contribution in [0.2, 0.25) is 10.0 Å². The van der Waals surface area contributed by atoms with E-state index in [-0.39, 0.29) is 6.61 Å². The highest BCUT2D eigenvalue weighted by molar-refractivity contribution is 7.98. The van der Waals surface area contributed by atoms with E-state index in [4.69, 9.17) is 32.9 Å². The summed E-state index contributed by atoms with van der Waals surface area (Å²) in [6.07, 6.45) is 1.81. The predicted molar refractivity (Wildman–Crippen MR) is 133 cm³/mol. The minimum absolute atomic E-state index is 0.233. The average molecular weight is 503 g/mol. The smallest absolute Gasteiger partial charge is 0.191 e. The van der Waals surface area contributed by atoms with Gasteiger partial charge in [0.05, 0.1) is 10.7 Å². The van der Waals surface area contributed by atoms with E-state index in [9.17, 15) is 0 Å². The van der Waals surface area contributed by atoms with Crippen molar-refractivity contribution in [1.82, 2.24) is 19.7 Å². The van der Waals surface area contributed by atoms with Gasteiger partial charge in [-0.1, -0.05) is 65.3 Å². The molecular formula is C23H20Cl2N4OS2. The van der Waals surface area contributed by atoms with Crippen LogP contribution in [0.25, 0.3) is 10.6 Å². The molecule has 0 bridgehead atoms. The number of benzene rings is 2. The molecule has 0 aliphatic carbocycles. The zero-order valence-corrected chi connectivity index (χ0v) is 20.4. The molecule has 2 aromatic heterocycles. The molecule has 0 saturated carbocycles. The van der Waals surface area contributed by atoms with Crippen molar-refractivity contribution < 1.29 is 4.74 Å². The molecule has 4 rings (SSSR count). The molecule has 0 aliphatic rings. The van der Waals surface area contributed by atoms with Gasteiger partial charge in [-0.2, -0.15) is 0 Å². The zero-order valence-electron chi connectivity index (χ0n) is 17.3. The van der Waals surface area contributed by atoms with Crippen LogP contribution >= 0.6 is 46.3 Å². The maximum Gasteiger partial charge on any atom is 0.191 e. The Kier molecular flexibility index (Phi) is 7.52. The van der Waals surface area contributed by atoms with E-state index in [0.29, 0.717) is 33.9 Å². The average Bonchev–Trinajstić information content (AvgIpc) is 3.39. The van der Waals surface area contributed by atoms with E-state index in [0.717, 1.165) is 15.9 Å². The van der Waals surface area contributed by atoms with Gasteiger partial charge in [-0.3, -0.25) is 4.57 Å². The summed E-state index contributed by atoms with van der Waals surface area (Å²) in [5, 5.41) is 13.6. The fraction of sp³-hybridized carbons (Fsp3) is 0.174. The van der Waals surface area contributed by atoms with E-state index >= 15 is 0 Å². The van der Waals surface area contributed by atoms with Crippen molar-refractivity contribution in [2.75, 3.05) is 0 Å². The molecule has 32 heavy (non-hydrogen) atoms. The number of allylic oxidation sites excluding steroid dienone is 1. The Morgan fingerprint density at radius 3 is 2.81 bits per heavy atom. The second-order valence-corrected chi connectivity index (χ2v) is 9.55. The fourth-order valence-electron chi connectivity index (χ4n) is 3.03. The molecule has 0 saturated heterocycles. The van der Waals surface area contributed by atoms with Crippen LogP contribution in [0, 0.1) is 6.92 Å². The van der Waals surface area contributed by atoms with E-state index in [1.165, 1.54) is 11.1 Å². The van der Waals surface area contributed by atoms with Crippen LogP contribution in [0.4, 0.5) is 0 Å². The molecule has 2 aromatic carbocycles. The lowest BCUT2D eigenvalue weighted by Crippen LogP contribution is -2.07. The van der Waals surface area contributed by atoms with Gasteiger partial charge < -0.3 is 4.74 Å². The number of aryl methyl sites for hydroxylation is 1. The molecule has 0 radical (unpaired) electrons. The summed E-state index contributed by atoms with van der Waals surface area (Å²) in [5.41, 5.74) is 3.40. The third-order valence-corrected chi connectivity index (χ3v) is 7.09. The quantitative estimate of drug-likeness (QED) is 0.181. The Balaban J connectivity index is 1.44. The number of hydrogen-bond donors (Lipinski definition) is 0. The van der Waals surface area contributed by atoms with E-state index in [1.54, 1.807) is 41.3 Å². The van der Waals surface area contributed by atoms with Gasteiger partial charge in [0.1, 0.15) is 17.4 Å². The number of rotatable bonds is 9. The van der Waals surface area contributed by atoms with Crippen LogP contribution in [0.5, 0.6) is 5.75 Å². The number of nitrogens with zero attached hydrogens (tertiary/aromatic N) is 4. The third-order valence-electron chi connectivity index (χ3n) is 4.63. The first kappa shape index (κ1) is 22.9. The monoisotopic (exact) mass is 502 g/mol. The van der Waals surface area contributed by atoms with Crippen LogP contribution in [-0.4, -0.2) is 19.7 Å². The summed E-state index contributed by atoms with van der Waals surface area (Å²) >= 11 is 15.4. The van der Waals surface area contributed by atoms with Crippen molar-refractivity contribution in [3.05, 3.63) is 87.6 Å². The predicted octanol–water partition coefficient (Wildman–Crippen LogP) is 7.07. The molecule has 9 heteroatoms. The maximum absolute atomic E-state index is 6.20. The number of halogens is 2. The summed E-state index contributed by atoms with van der Waals surface area (Å²) in [6, 6.07) is 13.4. The Hall–Kier alpha value is -2.32. The van der Waals surface area contributed by atoms with Crippen molar-refractivity contribution in [2.24, 2.45) is 0 Å². The second-order valence-electron chi connectivity index (χ2n) is 6.91. The van der Waals surface area contributed by atoms with Crippen LogP contribution < -0.4 is 4.74 Å². The molecule has 0 N–H and O–H groups in total. The first-order valence-corrected chi connectivity index (χ1v) is 12.4. The van der Waals surface area contributed by atoms with Crippen LogP contribution in [0.3, 0.4) is 0 Å². The molecule has 0 unspecified atom stereocenters. The van der Waals surface area contributed by atoms with Crippen LogP contribution in [0.15, 0.2) is 65.7 Å². The van der Waals surface area contributed by atoms with Crippen molar-refractivity contribution in [2.45, 2.75) is 31.0 Å². The topological polar surface area (TPSA) is 52.8 Å². The van der Waals surface area contributed by atoms with Crippen molar-refractivity contribution >= 4 is 46.3 Å². The molecule has 164 valence electrons. The van der Waals surface area contributed by atoms with E-state index < -0.39 is 0 Å². The molecule has 0 fully saturated rings. The normalized spacial score (nSPS) is 11.0. The number of thioether (sulfide) groups is 1. The van der Waals surface area contributed by atoms with Crippen molar-refractivity contribution in [1.29, 1.82) is 0 Å². The van der Waals surface area contributed by atoms with Gasteiger partial charge in [0.15, 0.2) is 11.0 Å². The van der Waals surface area contributed by atoms with Gasteiger partial charge in [-0.05, 0) is 30.7 Å². The molecule has 2 heterocycles. The molecule has 5 nitrogen and oxygen atoms in total. The Morgan fingerprint density at radius 1 is 1.19 bits per heavy atom. The number of aromatic nitrogens is 4. The standard InChI is InChI=1S/C23H20Cl2N4OS2/c1-3-10-29-21(12-30-20-9-8-16(24)11-19(20)25)27-28-23(29)32-14-17-13-31-22(26-17)18-7-5-4-6-15(18)2/h3-9,11,13H,1,10,12,14H2,2H3. The number of thiazole rings is 1. The summed E-state index contributed by atoms with van der Waals surface area (Å²) in [5.74, 6) is 1.93. The van der Waals surface area contributed by atoms with E-state index in [1.807, 2.05) is 22.8 Å². The van der Waals surface area contributed by atoms with Gasteiger partial charge in [-0.25, -0.2) is 4.98 Å². The second kappa shape index (κ2) is 10.5. The lowest BCUT2D eigenvalue weighted by Gasteiger charge is -2.10. The Labute approximate surface area is 205 Å². The van der Waals surface area contributed by atoms with Gasteiger partial charge >= 0.3 is 0 Å². The highest BCUT2D eigenvalue weighted by Gasteiger charge is 2.15. The van der Waals surface area contributed by atoms with Crippen molar-refractivity contribution in [3.63, 3.8) is 0 Å². The lowest BCUT2D eigenvalue weighted by atomic mass is 10.1. The molecule has 0 amide bonds. The summed E-state index contributed by atoms with van der Waals surface area (Å²) in [7, 11) is 0. The maximum atomic E-state index is 6.20. The molecule has 0 atom stereocenters. The van der Waals surface area contributed by atoms with Crippen LogP contribution in [-0.2, 0) is 18.9 Å². The molecule has 4 aromatic rings. The molecule has 0 spiro atoms. The lowest BCUT2D eigenvalue weighted by molar-refractivity contribution is 0.289. The summed E-state index contributed by atoms with van der Waals surface area (Å²) in [6.45, 7) is 6.76. The summed E-state index contributed by atoms with van der Waals surface area (Å²) in [4.78, 5) is 4.80. The van der Waals surface area contributed by atoms with Gasteiger partial charge in [0.25, 0.3) is 0 Å². The Bertz CT molecular complexity index is 1240. The van der Waals surface area contributed by atoms with Gasteiger partial charge in [0.2, 0.25) is 0 Å². The third kappa shape index (κ3) is 5.35. The van der Waals surface area contributed by atoms with Gasteiger partial charge in [0, 0.05) is 28.3 Å². The largest absolute Gasteiger partial charge is 0.484 e. The van der Waals surface area contributed by atoms with E-state index in [2.05, 4.69) is 41.2 Å². The number of hydrogen-bond acceptors (Lipinski definition) is 6. The highest BCUT2D eigenvalue weighted by Crippen LogP contribution is 2.30. The molecule has 0 aliphatic heterocycles. The number of ether oxygens (including phenoxy) is 1. The molecular weight excluding hydrogens is 483 g/mol. The Morgan fingerprint density at radius 2 is 2.03 bits per heavy atom. The summed E-state index contributed by atoms with van der Waals surface area (Å²) < 4.78 is 7.82. The highest BCUT2D eigenvalue weighted by atomic mass is 35.5. The fourth-order valence-corrected chi connectivity index (χ4v) is 5.37. The minimum atomic E-state index is 0.233. The van der Waals surface area contributed by atoms with Crippen molar-refractivity contribution in [3.8, 4) is 16.3 Å². The SMILES string of the molecule is C=CCn1c(COc2ccc(Cl)cc2Cl)nnc1SCc1csc(-c2ccccc2C)n1. The first-order chi connectivity index (χ1) is 15.5.